The number of hydrogen-bond donors (Lipinski definition) is 1. The zero-order chi connectivity index (χ0) is 21.1. The number of nitrogens with one attached hydrogen (secondary N) is 1. The number of benzene rings is 2. The van der Waals surface area contributed by atoms with E-state index in [9.17, 15) is 4.79 Å². The summed E-state index contributed by atoms with van der Waals surface area (Å²) in [6, 6.07) is 15.4. The van der Waals surface area contributed by atoms with Crippen LogP contribution in [0.5, 0.6) is 5.75 Å². The predicted molar refractivity (Wildman–Crippen MR) is 125 cm³/mol. The maximum atomic E-state index is 13.0. The molecule has 152 valence electrons. The fraction of sp³-hybridized carbons (Fsp3) is 0.174. The summed E-state index contributed by atoms with van der Waals surface area (Å²) >= 11 is 7.04. The molecule has 0 unspecified atom stereocenters. The molecule has 1 saturated heterocycles. The third kappa shape index (κ3) is 4.27. The van der Waals surface area contributed by atoms with Gasteiger partial charge in [0.25, 0.3) is 5.91 Å². The summed E-state index contributed by atoms with van der Waals surface area (Å²) in [5.41, 5.74) is 4.17. The van der Waals surface area contributed by atoms with Crippen LogP contribution in [0.25, 0.3) is 6.08 Å². The highest BCUT2D eigenvalue weighted by Crippen LogP contribution is 2.27. The Hall–Kier alpha value is -3.03. The van der Waals surface area contributed by atoms with Crippen molar-refractivity contribution in [3.05, 3.63) is 81.4 Å². The number of aromatic nitrogens is 1. The van der Waals surface area contributed by atoms with E-state index in [-0.39, 0.29) is 5.91 Å². The molecule has 2 heterocycles. The lowest BCUT2D eigenvalue weighted by atomic mass is 10.1. The van der Waals surface area contributed by atoms with Crippen molar-refractivity contribution in [1.82, 2.24) is 10.3 Å². The summed E-state index contributed by atoms with van der Waals surface area (Å²) in [6.07, 6.45) is 2.63. The molecule has 0 bridgehead atoms. The number of rotatable bonds is 6. The Morgan fingerprint density at radius 3 is 2.67 bits per heavy atom. The Labute approximate surface area is 185 Å². The second-order valence-electron chi connectivity index (χ2n) is 6.83. The van der Waals surface area contributed by atoms with Gasteiger partial charge in [0.2, 0.25) is 0 Å². The lowest BCUT2D eigenvalue weighted by molar-refractivity contribution is -0.113. The zero-order valence-electron chi connectivity index (χ0n) is 16.7. The van der Waals surface area contributed by atoms with Gasteiger partial charge >= 0.3 is 0 Å². The largest absolute Gasteiger partial charge is 0.487 e. The van der Waals surface area contributed by atoms with Gasteiger partial charge in [0.1, 0.15) is 18.1 Å². The molecule has 5 nitrogen and oxygen atoms in total. The van der Waals surface area contributed by atoms with Crippen LogP contribution in [0.15, 0.2) is 59.6 Å². The third-order valence-corrected chi connectivity index (χ3v) is 5.84. The van der Waals surface area contributed by atoms with E-state index >= 15 is 0 Å². The molecule has 1 fully saturated rings. The molecule has 0 atom stereocenters. The summed E-state index contributed by atoms with van der Waals surface area (Å²) < 4.78 is 5.78. The minimum absolute atomic E-state index is 0.153. The molecule has 0 radical (unpaired) electrons. The van der Waals surface area contributed by atoms with E-state index in [1.807, 2.05) is 60.8 Å². The van der Waals surface area contributed by atoms with E-state index in [1.165, 1.54) is 0 Å². The molecule has 0 spiro atoms. The first-order valence-corrected chi connectivity index (χ1v) is 10.9. The average Bonchev–Trinajstić information content (AvgIpc) is 3.29. The number of nitrogens with zero attached hydrogens (tertiary/aromatic N) is 2. The summed E-state index contributed by atoms with van der Waals surface area (Å²) in [5, 5.41) is 6.46. The van der Waals surface area contributed by atoms with E-state index in [4.69, 9.17) is 17.0 Å². The predicted octanol–water partition coefficient (Wildman–Crippen LogP) is 4.86. The zero-order valence-corrected chi connectivity index (χ0v) is 18.3. The van der Waals surface area contributed by atoms with Crippen LogP contribution in [-0.2, 0) is 17.8 Å². The number of ether oxygens (including phenoxy) is 1. The van der Waals surface area contributed by atoms with Crippen molar-refractivity contribution in [2.24, 2.45) is 0 Å². The second-order valence-corrected chi connectivity index (χ2v) is 8.28. The molecule has 0 saturated carbocycles. The second kappa shape index (κ2) is 8.77. The van der Waals surface area contributed by atoms with E-state index in [2.05, 4.69) is 17.2 Å². The Morgan fingerprint density at radius 1 is 1.20 bits per heavy atom. The molecule has 1 N–H and O–H groups in total. The molecular formula is C23H21N3O2S2. The highest BCUT2D eigenvalue weighted by molar-refractivity contribution is 7.80. The maximum absolute atomic E-state index is 13.0. The molecule has 1 aliphatic rings. The lowest BCUT2D eigenvalue weighted by Gasteiger charge is -2.17. The quantitative estimate of drug-likeness (QED) is 0.443. The van der Waals surface area contributed by atoms with Crippen LogP contribution in [0, 0.1) is 6.92 Å². The van der Waals surface area contributed by atoms with E-state index < -0.39 is 0 Å². The van der Waals surface area contributed by atoms with Crippen LogP contribution >= 0.6 is 23.6 Å². The molecular weight excluding hydrogens is 414 g/mol. The van der Waals surface area contributed by atoms with Gasteiger partial charge in [-0.3, -0.25) is 9.69 Å². The number of carbonyl (C=O) groups is 1. The molecule has 2 aromatic carbocycles. The summed E-state index contributed by atoms with van der Waals surface area (Å²) in [6.45, 7) is 4.47. The first-order chi connectivity index (χ1) is 14.5. The van der Waals surface area contributed by atoms with Crippen molar-refractivity contribution in [2.75, 3.05) is 4.90 Å². The van der Waals surface area contributed by atoms with Gasteiger partial charge in [-0.2, -0.15) is 0 Å². The van der Waals surface area contributed by atoms with E-state index in [1.54, 1.807) is 22.3 Å². The lowest BCUT2D eigenvalue weighted by Crippen LogP contribution is -2.31. The maximum Gasteiger partial charge on any atom is 0.281 e. The highest BCUT2D eigenvalue weighted by atomic mass is 32.1. The van der Waals surface area contributed by atoms with Gasteiger partial charge < -0.3 is 10.1 Å². The topological polar surface area (TPSA) is 54.5 Å². The number of aryl methyl sites for hydroxylation is 2. The standard InChI is InChI=1S/C23H21N3O2S2/c1-3-17-6-4-5-7-21(17)26-22(27)20(25-23(26)29)12-16-8-10-19(11-9-16)28-13-18-14-30-15(2)24-18/h4-12,14H,3,13H2,1-2H3,(H,25,29)/b20-12-. The van der Waals surface area contributed by atoms with Crippen molar-refractivity contribution >= 4 is 46.3 Å². The molecule has 7 heteroatoms. The molecule has 0 aliphatic carbocycles. The molecule has 4 rings (SSSR count). The van der Waals surface area contributed by atoms with Crippen molar-refractivity contribution in [1.29, 1.82) is 0 Å². The third-order valence-electron chi connectivity index (χ3n) is 4.74. The van der Waals surface area contributed by atoms with Crippen LogP contribution < -0.4 is 15.0 Å². The van der Waals surface area contributed by atoms with Gasteiger partial charge in [-0.1, -0.05) is 37.3 Å². The average molecular weight is 436 g/mol. The SMILES string of the molecule is CCc1ccccc1N1C(=O)/C(=C/c2ccc(OCc3csc(C)n3)cc2)NC1=S. The number of para-hydroxylation sites is 1. The van der Waals surface area contributed by atoms with Gasteiger partial charge in [0, 0.05) is 5.38 Å². The van der Waals surface area contributed by atoms with Crippen LogP contribution in [0.4, 0.5) is 5.69 Å². The number of amides is 1. The van der Waals surface area contributed by atoms with Gasteiger partial charge in [0.05, 0.1) is 16.4 Å². The van der Waals surface area contributed by atoms with E-state index in [0.717, 1.165) is 39.7 Å². The normalized spacial score (nSPS) is 15.0. The Kier molecular flexibility index (Phi) is 5.92. The number of carbonyl (C=O) groups excluding carboxylic acids is 1. The van der Waals surface area contributed by atoms with Crippen molar-refractivity contribution in [3.8, 4) is 5.75 Å². The van der Waals surface area contributed by atoms with Crippen molar-refractivity contribution in [3.63, 3.8) is 0 Å². The number of thiazole rings is 1. The fourth-order valence-electron chi connectivity index (χ4n) is 3.24. The smallest absolute Gasteiger partial charge is 0.281 e. The van der Waals surface area contributed by atoms with Gasteiger partial charge in [-0.25, -0.2) is 4.98 Å². The Balaban J connectivity index is 1.48. The van der Waals surface area contributed by atoms with Crippen molar-refractivity contribution < 1.29 is 9.53 Å². The van der Waals surface area contributed by atoms with E-state index in [0.29, 0.717) is 17.4 Å². The van der Waals surface area contributed by atoms with Crippen LogP contribution in [-0.4, -0.2) is 16.0 Å². The summed E-state index contributed by atoms with van der Waals surface area (Å²) in [5.74, 6) is 0.600. The van der Waals surface area contributed by atoms with Crippen LogP contribution in [0.3, 0.4) is 0 Å². The molecule has 1 aliphatic heterocycles. The first kappa shape index (κ1) is 20.3. The Bertz CT molecular complexity index is 1120. The highest BCUT2D eigenvalue weighted by Gasteiger charge is 2.32. The Morgan fingerprint density at radius 2 is 1.97 bits per heavy atom. The van der Waals surface area contributed by atoms with Gasteiger partial charge in [-0.05, 0) is 61.0 Å². The van der Waals surface area contributed by atoms with Crippen molar-refractivity contribution in [2.45, 2.75) is 26.9 Å². The summed E-state index contributed by atoms with van der Waals surface area (Å²) in [4.78, 5) is 18.9. The molecule has 3 aromatic rings. The molecule has 1 aromatic heterocycles. The number of hydrogen-bond acceptors (Lipinski definition) is 5. The van der Waals surface area contributed by atoms with Crippen LogP contribution in [0.1, 0.15) is 28.8 Å². The van der Waals surface area contributed by atoms with Gasteiger partial charge in [0.15, 0.2) is 5.11 Å². The first-order valence-electron chi connectivity index (χ1n) is 9.64. The number of anilines is 1. The number of thiocarbonyl (C=S) groups is 1. The minimum Gasteiger partial charge on any atom is -0.487 e. The van der Waals surface area contributed by atoms with Gasteiger partial charge in [-0.15, -0.1) is 11.3 Å². The molecule has 1 amide bonds. The monoisotopic (exact) mass is 435 g/mol. The molecule has 30 heavy (non-hydrogen) atoms. The summed E-state index contributed by atoms with van der Waals surface area (Å²) in [7, 11) is 0. The fourth-order valence-corrected chi connectivity index (χ4v) is 4.13. The van der Waals surface area contributed by atoms with Crippen LogP contribution in [0.2, 0.25) is 0 Å². The minimum atomic E-state index is -0.153.